The van der Waals surface area contributed by atoms with E-state index in [4.69, 9.17) is 15.2 Å². The molecule has 0 bridgehead atoms. The molecule has 176 valence electrons. The van der Waals surface area contributed by atoms with Crippen LogP contribution in [0.3, 0.4) is 0 Å². The fourth-order valence-corrected chi connectivity index (χ4v) is 5.37. The van der Waals surface area contributed by atoms with Crippen LogP contribution in [0.15, 0.2) is 103 Å². The molecule has 1 unspecified atom stereocenters. The Hall–Kier alpha value is -3.39. The highest BCUT2D eigenvalue weighted by Gasteiger charge is 2.42. The number of nitrogens with two attached hydrogens (primary N) is 1. The topological polar surface area (TPSA) is 78.6 Å². The maximum Gasteiger partial charge on any atom is 0.306 e. The fourth-order valence-electron chi connectivity index (χ4n) is 3.86. The summed E-state index contributed by atoms with van der Waals surface area (Å²) in [5.74, 6) is 2.05. The third-order valence-electron chi connectivity index (χ3n) is 5.76. The SMILES string of the molecule is CCS(=O)(=O)[N+]1(c2ccc(Oc3ccc(OCc4ccccc4)cc3)cc2)C=C(CN)C=CC1. The molecular formula is C27H29N2O4S+. The molecule has 2 N–H and O–H groups in total. The maximum atomic E-state index is 13.1. The number of hydrogen-bond acceptors (Lipinski definition) is 5. The van der Waals surface area contributed by atoms with Crippen LogP contribution < -0.4 is 19.1 Å². The smallest absolute Gasteiger partial charge is 0.306 e. The Labute approximate surface area is 201 Å². The zero-order chi connectivity index (χ0) is 24.0. The van der Waals surface area contributed by atoms with Crippen LogP contribution in [-0.4, -0.2) is 27.3 Å². The minimum atomic E-state index is -3.48. The fraction of sp³-hybridized carbons (Fsp3) is 0.185. The number of hydrogen-bond donors (Lipinski definition) is 1. The van der Waals surface area contributed by atoms with Gasteiger partial charge in [0.2, 0.25) is 0 Å². The molecule has 4 rings (SSSR count). The lowest BCUT2D eigenvalue weighted by molar-refractivity contribution is 0.306. The summed E-state index contributed by atoms with van der Waals surface area (Å²) in [7, 11) is -3.48. The number of benzene rings is 3. The second-order valence-electron chi connectivity index (χ2n) is 8.00. The summed E-state index contributed by atoms with van der Waals surface area (Å²) in [5.41, 5.74) is 8.34. The van der Waals surface area contributed by atoms with Crippen LogP contribution in [0.2, 0.25) is 0 Å². The summed E-state index contributed by atoms with van der Waals surface area (Å²) in [4.78, 5) is 0. The first-order valence-electron chi connectivity index (χ1n) is 11.2. The first-order chi connectivity index (χ1) is 16.5. The van der Waals surface area contributed by atoms with Crippen LogP contribution in [0.25, 0.3) is 0 Å². The van der Waals surface area contributed by atoms with Crippen molar-refractivity contribution in [3.63, 3.8) is 0 Å². The Morgan fingerprint density at radius 2 is 1.50 bits per heavy atom. The first kappa shape index (κ1) is 23.8. The van der Waals surface area contributed by atoms with E-state index in [0.29, 0.717) is 30.3 Å². The van der Waals surface area contributed by atoms with Gasteiger partial charge in [0.05, 0.1) is 5.75 Å². The van der Waals surface area contributed by atoms with Crippen molar-refractivity contribution in [1.82, 2.24) is 3.89 Å². The monoisotopic (exact) mass is 477 g/mol. The molecule has 3 aromatic carbocycles. The summed E-state index contributed by atoms with van der Waals surface area (Å²) < 4.78 is 37.7. The molecular weight excluding hydrogens is 448 g/mol. The molecule has 0 aliphatic carbocycles. The van der Waals surface area contributed by atoms with Crippen LogP contribution in [0, 0.1) is 0 Å². The summed E-state index contributed by atoms with van der Waals surface area (Å²) in [6.45, 7) is 2.76. The van der Waals surface area contributed by atoms with Crippen molar-refractivity contribution in [3.8, 4) is 17.2 Å². The minimum Gasteiger partial charge on any atom is -0.489 e. The number of nitrogens with zero attached hydrogens (tertiary/aromatic N) is 1. The van der Waals surface area contributed by atoms with Gasteiger partial charge in [-0.05, 0) is 55.0 Å². The lowest BCUT2D eigenvalue weighted by Gasteiger charge is -2.34. The van der Waals surface area contributed by atoms with E-state index in [0.717, 1.165) is 16.9 Å². The molecule has 1 atom stereocenters. The van der Waals surface area contributed by atoms with Gasteiger partial charge in [0.1, 0.15) is 36.6 Å². The van der Waals surface area contributed by atoms with Gasteiger partial charge in [-0.15, -0.1) is 0 Å². The van der Waals surface area contributed by atoms with Crippen molar-refractivity contribution >= 4 is 15.7 Å². The lowest BCUT2D eigenvalue weighted by Crippen LogP contribution is -2.51. The molecule has 1 heterocycles. The van der Waals surface area contributed by atoms with E-state index in [1.165, 1.54) is 0 Å². The van der Waals surface area contributed by atoms with E-state index in [9.17, 15) is 8.42 Å². The van der Waals surface area contributed by atoms with Gasteiger partial charge < -0.3 is 15.2 Å². The van der Waals surface area contributed by atoms with E-state index < -0.39 is 10.0 Å². The van der Waals surface area contributed by atoms with E-state index in [-0.39, 0.29) is 16.2 Å². The molecule has 6 nitrogen and oxygen atoms in total. The third kappa shape index (κ3) is 5.07. The van der Waals surface area contributed by atoms with Crippen molar-refractivity contribution in [2.75, 3.05) is 18.8 Å². The Morgan fingerprint density at radius 3 is 2.12 bits per heavy atom. The number of quaternary nitrogens is 1. The van der Waals surface area contributed by atoms with Crippen LogP contribution >= 0.6 is 0 Å². The van der Waals surface area contributed by atoms with Gasteiger partial charge in [-0.1, -0.05) is 36.4 Å². The predicted octanol–water partition coefficient (Wildman–Crippen LogP) is 5.13. The normalized spacial score (nSPS) is 17.8. The molecule has 0 spiro atoms. The Kier molecular flexibility index (Phi) is 7.17. The average Bonchev–Trinajstić information content (AvgIpc) is 2.89. The molecule has 34 heavy (non-hydrogen) atoms. The summed E-state index contributed by atoms with van der Waals surface area (Å²) in [6.07, 6.45) is 5.48. The molecule has 0 fully saturated rings. The van der Waals surface area contributed by atoms with Crippen LogP contribution in [-0.2, 0) is 16.6 Å². The summed E-state index contributed by atoms with van der Waals surface area (Å²) in [5, 5.41) is 0. The zero-order valence-electron chi connectivity index (χ0n) is 19.1. The van der Waals surface area contributed by atoms with Gasteiger partial charge in [0.15, 0.2) is 5.69 Å². The van der Waals surface area contributed by atoms with Crippen LogP contribution in [0.1, 0.15) is 12.5 Å². The molecule has 0 amide bonds. The molecule has 0 radical (unpaired) electrons. The van der Waals surface area contributed by atoms with E-state index in [1.807, 2.05) is 66.7 Å². The van der Waals surface area contributed by atoms with Crippen molar-refractivity contribution in [1.29, 1.82) is 0 Å². The zero-order valence-corrected chi connectivity index (χ0v) is 19.9. The molecule has 7 heteroatoms. The van der Waals surface area contributed by atoms with Crippen LogP contribution in [0.4, 0.5) is 5.69 Å². The van der Waals surface area contributed by atoms with Gasteiger partial charge in [0.25, 0.3) is 0 Å². The molecule has 0 saturated heterocycles. The molecule has 1 aliphatic heterocycles. The highest BCUT2D eigenvalue weighted by molar-refractivity contribution is 7.91. The number of sulfonamides is 1. The molecule has 3 aromatic rings. The highest BCUT2D eigenvalue weighted by atomic mass is 32.2. The van der Waals surface area contributed by atoms with Gasteiger partial charge in [0, 0.05) is 24.3 Å². The second-order valence-corrected chi connectivity index (χ2v) is 10.4. The summed E-state index contributed by atoms with van der Waals surface area (Å²) >= 11 is 0. The van der Waals surface area contributed by atoms with Crippen LogP contribution in [0.5, 0.6) is 17.2 Å². The Balaban J connectivity index is 1.48. The number of ether oxygens (including phenoxy) is 2. The largest absolute Gasteiger partial charge is 0.489 e. The average molecular weight is 478 g/mol. The maximum absolute atomic E-state index is 13.1. The van der Waals surface area contributed by atoms with Crippen molar-refractivity contribution < 1.29 is 17.9 Å². The standard InChI is InChI=1S/C27H29N2O4S/c1-2-34(30,31)29(18-6-9-23(19-28)20-29)24-10-12-26(13-11-24)33-27-16-14-25(15-17-27)32-21-22-7-4-3-5-8-22/h3-17,20H,2,18-19,21,28H2,1H3/q+1. The molecule has 0 saturated carbocycles. The number of rotatable bonds is 9. The predicted molar refractivity (Wildman–Crippen MR) is 136 cm³/mol. The quantitative estimate of drug-likeness (QED) is 0.433. The lowest BCUT2D eigenvalue weighted by atomic mass is 10.2. The van der Waals surface area contributed by atoms with E-state index >= 15 is 0 Å². The Morgan fingerprint density at radius 1 is 0.882 bits per heavy atom. The van der Waals surface area contributed by atoms with E-state index in [2.05, 4.69) is 0 Å². The van der Waals surface area contributed by atoms with Gasteiger partial charge >= 0.3 is 10.0 Å². The minimum absolute atomic E-state index is 0.0200. The highest BCUT2D eigenvalue weighted by Crippen LogP contribution is 2.34. The van der Waals surface area contributed by atoms with Gasteiger partial charge in [-0.3, -0.25) is 0 Å². The Bertz CT molecular complexity index is 1270. The van der Waals surface area contributed by atoms with Crippen molar-refractivity contribution in [2.24, 2.45) is 5.73 Å². The van der Waals surface area contributed by atoms with Crippen molar-refractivity contribution in [3.05, 3.63) is 108 Å². The van der Waals surface area contributed by atoms with E-state index in [1.54, 1.807) is 37.4 Å². The van der Waals surface area contributed by atoms with Crippen molar-refractivity contribution in [2.45, 2.75) is 13.5 Å². The summed E-state index contributed by atoms with van der Waals surface area (Å²) in [6, 6.07) is 24.6. The first-order valence-corrected chi connectivity index (χ1v) is 12.8. The molecule has 1 aliphatic rings. The van der Waals surface area contributed by atoms with Gasteiger partial charge in [-0.25, -0.2) is 0 Å². The third-order valence-corrected chi connectivity index (χ3v) is 7.95. The molecule has 0 aromatic heterocycles. The second kappa shape index (κ2) is 10.3. The van der Waals surface area contributed by atoms with Gasteiger partial charge in [-0.2, -0.15) is 12.3 Å².